The Labute approximate surface area is 178 Å². The lowest BCUT2D eigenvalue weighted by Gasteiger charge is -2.15. The molecule has 0 radical (unpaired) electrons. The summed E-state index contributed by atoms with van der Waals surface area (Å²) in [5, 5.41) is 9.98. The van der Waals surface area contributed by atoms with Crippen LogP contribution in [0.2, 0.25) is 5.02 Å². The predicted molar refractivity (Wildman–Crippen MR) is 114 cm³/mol. The third-order valence-corrected chi connectivity index (χ3v) is 5.85. The van der Waals surface area contributed by atoms with Gasteiger partial charge in [-0.2, -0.15) is 0 Å². The fraction of sp³-hybridized carbons (Fsp3) is 0.286. The van der Waals surface area contributed by atoms with Gasteiger partial charge in [0.2, 0.25) is 5.91 Å². The minimum atomic E-state index is 0.147. The summed E-state index contributed by atoms with van der Waals surface area (Å²) in [6, 6.07) is 17.1. The number of likely N-dealkylation sites (tertiary alicyclic amines) is 1. The van der Waals surface area contributed by atoms with Gasteiger partial charge in [0, 0.05) is 23.8 Å². The van der Waals surface area contributed by atoms with Gasteiger partial charge in [-0.05, 0) is 49.2 Å². The molecule has 0 unspecified atom stereocenters. The number of para-hydroxylation sites is 1. The average molecular weight is 429 g/mol. The number of carbonyl (C=O) groups excluding carboxylic acids is 1. The molecule has 2 heterocycles. The van der Waals surface area contributed by atoms with Gasteiger partial charge in [0.15, 0.2) is 11.0 Å². The van der Waals surface area contributed by atoms with Gasteiger partial charge in [0.1, 0.15) is 12.4 Å². The number of aromatic nitrogens is 3. The maximum atomic E-state index is 12.4. The SMILES string of the molecule is O=C(CSc1nnc(COc2ccc(Cl)cc2)n1-c1ccccc1)N1CCCC1. The van der Waals surface area contributed by atoms with E-state index >= 15 is 0 Å². The van der Waals surface area contributed by atoms with Crippen LogP contribution in [0.15, 0.2) is 59.8 Å². The average Bonchev–Trinajstić information content (AvgIpc) is 3.42. The van der Waals surface area contributed by atoms with Crippen LogP contribution >= 0.6 is 23.4 Å². The topological polar surface area (TPSA) is 60.2 Å². The molecule has 1 saturated heterocycles. The van der Waals surface area contributed by atoms with Crippen molar-refractivity contribution in [2.75, 3.05) is 18.8 Å². The molecule has 1 amide bonds. The summed E-state index contributed by atoms with van der Waals surface area (Å²) in [7, 11) is 0. The highest BCUT2D eigenvalue weighted by Gasteiger charge is 2.20. The highest BCUT2D eigenvalue weighted by Crippen LogP contribution is 2.24. The van der Waals surface area contributed by atoms with E-state index in [9.17, 15) is 4.79 Å². The van der Waals surface area contributed by atoms with E-state index < -0.39 is 0 Å². The number of nitrogens with zero attached hydrogens (tertiary/aromatic N) is 4. The van der Waals surface area contributed by atoms with E-state index in [-0.39, 0.29) is 12.5 Å². The molecule has 150 valence electrons. The first kappa shape index (κ1) is 19.8. The van der Waals surface area contributed by atoms with Crippen molar-refractivity contribution in [3.05, 3.63) is 65.4 Å². The lowest BCUT2D eigenvalue weighted by atomic mass is 10.3. The van der Waals surface area contributed by atoms with Crippen molar-refractivity contribution in [1.82, 2.24) is 19.7 Å². The van der Waals surface area contributed by atoms with E-state index in [1.807, 2.05) is 51.9 Å². The molecule has 6 nitrogen and oxygen atoms in total. The zero-order valence-corrected chi connectivity index (χ0v) is 17.4. The highest BCUT2D eigenvalue weighted by molar-refractivity contribution is 7.99. The Kier molecular flexibility index (Phi) is 6.36. The molecule has 0 spiro atoms. The first-order valence-corrected chi connectivity index (χ1v) is 10.9. The lowest BCUT2D eigenvalue weighted by molar-refractivity contribution is -0.127. The Morgan fingerprint density at radius 3 is 2.48 bits per heavy atom. The van der Waals surface area contributed by atoms with Gasteiger partial charge in [0.25, 0.3) is 0 Å². The van der Waals surface area contributed by atoms with Crippen LogP contribution in [0, 0.1) is 0 Å². The van der Waals surface area contributed by atoms with Crippen molar-refractivity contribution in [3.63, 3.8) is 0 Å². The van der Waals surface area contributed by atoms with Crippen molar-refractivity contribution in [3.8, 4) is 11.4 Å². The second-order valence-corrected chi connectivity index (χ2v) is 8.07. The maximum absolute atomic E-state index is 12.4. The number of hydrogen-bond donors (Lipinski definition) is 0. The third-order valence-electron chi connectivity index (χ3n) is 4.68. The second-order valence-electron chi connectivity index (χ2n) is 6.69. The van der Waals surface area contributed by atoms with Gasteiger partial charge in [0.05, 0.1) is 5.75 Å². The van der Waals surface area contributed by atoms with Crippen molar-refractivity contribution in [2.45, 2.75) is 24.6 Å². The molecule has 0 aliphatic carbocycles. The summed E-state index contributed by atoms with van der Waals surface area (Å²) < 4.78 is 7.81. The molecule has 8 heteroatoms. The molecule has 0 saturated carbocycles. The van der Waals surface area contributed by atoms with Crippen molar-refractivity contribution < 1.29 is 9.53 Å². The van der Waals surface area contributed by atoms with E-state index in [1.165, 1.54) is 11.8 Å². The number of benzene rings is 2. The Hall–Kier alpha value is -2.51. The van der Waals surface area contributed by atoms with E-state index in [0.717, 1.165) is 31.6 Å². The third kappa shape index (κ3) is 4.92. The molecule has 0 N–H and O–H groups in total. The van der Waals surface area contributed by atoms with Gasteiger partial charge < -0.3 is 9.64 Å². The molecular weight excluding hydrogens is 408 g/mol. The highest BCUT2D eigenvalue weighted by atomic mass is 35.5. The minimum Gasteiger partial charge on any atom is -0.486 e. The first-order valence-electron chi connectivity index (χ1n) is 9.49. The number of halogens is 1. The molecule has 0 atom stereocenters. The van der Waals surface area contributed by atoms with Crippen LogP contribution in [0.4, 0.5) is 0 Å². The van der Waals surface area contributed by atoms with E-state index in [4.69, 9.17) is 16.3 Å². The Bertz CT molecular complexity index is 957. The standard InChI is InChI=1S/C21H21ClN4O2S/c22-16-8-10-18(11-9-16)28-14-19-23-24-21(26(19)17-6-2-1-3-7-17)29-15-20(27)25-12-4-5-13-25/h1-3,6-11H,4-5,12-15H2. The number of amides is 1. The van der Waals surface area contributed by atoms with Crippen LogP contribution in [0.3, 0.4) is 0 Å². The van der Waals surface area contributed by atoms with Crippen molar-refractivity contribution in [1.29, 1.82) is 0 Å². The van der Waals surface area contributed by atoms with E-state index in [1.54, 1.807) is 12.1 Å². The zero-order valence-electron chi connectivity index (χ0n) is 15.8. The summed E-state index contributed by atoms with van der Waals surface area (Å²) in [4.78, 5) is 14.3. The molecule has 3 aromatic rings. The van der Waals surface area contributed by atoms with Gasteiger partial charge >= 0.3 is 0 Å². The summed E-state index contributed by atoms with van der Waals surface area (Å²) in [5.74, 6) is 1.87. The number of ether oxygens (including phenoxy) is 1. The van der Waals surface area contributed by atoms with Crippen LogP contribution < -0.4 is 4.74 Å². The van der Waals surface area contributed by atoms with Gasteiger partial charge in [-0.15, -0.1) is 10.2 Å². The van der Waals surface area contributed by atoms with E-state index in [2.05, 4.69) is 10.2 Å². The smallest absolute Gasteiger partial charge is 0.233 e. The second kappa shape index (κ2) is 9.33. The molecule has 0 bridgehead atoms. The fourth-order valence-corrected chi connectivity index (χ4v) is 4.19. The molecule has 1 aromatic heterocycles. The zero-order chi connectivity index (χ0) is 20.1. The maximum Gasteiger partial charge on any atom is 0.233 e. The molecule has 2 aromatic carbocycles. The van der Waals surface area contributed by atoms with Crippen molar-refractivity contribution in [2.24, 2.45) is 0 Å². The summed E-state index contributed by atoms with van der Waals surface area (Å²) in [5.41, 5.74) is 0.934. The predicted octanol–water partition coefficient (Wildman–Crippen LogP) is 4.21. The first-order chi connectivity index (χ1) is 14.2. The fourth-order valence-electron chi connectivity index (χ4n) is 3.19. The number of rotatable bonds is 7. The molecule has 1 aliphatic rings. The Morgan fingerprint density at radius 2 is 1.76 bits per heavy atom. The monoisotopic (exact) mass is 428 g/mol. The van der Waals surface area contributed by atoms with Crippen LogP contribution in [0.25, 0.3) is 5.69 Å². The van der Waals surface area contributed by atoms with Crippen LogP contribution in [0.1, 0.15) is 18.7 Å². The lowest BCUT2D eigenvalue weighted by Crippen LogP contribution is -2.29. The molecule has 4 rings (SSSR count). The van der Waals surface area contributed by atoms with Gasteiger partial charge in [-0.3, -0.25) is 9.36 Å². The van der Waals surface area contributed by atoms with Crippen LogP contribution in [-0.4, -0.2) is 44.4 Å². The Balaban J connectivity index is 1.51. The van der Waals surface area contributed by atoms with Crippen LogP contribution in [-0.2, 0) is 11.4 Å². The molecule has 1 fully saturated rings. The Morgan fingerprint density at radius 1 is 1.03 bits per heavy atom. The minimum absolute atomic E-state index is 0.147. The number of hydrogen-bond acceptors (Lipinski definition) is 5. The largest absolute Gasteiger partial charge is 0.486 e. The molecular formula is C21H21ClN4O2S. The molecule has 29 heavy (non-hydrogen) atoms. The quantitative estimate of drug-likeness (QED) is 0.527. The van der Waals surface area contributed by atoms with Crippen LogP contribution in [0.5, 0.6) is 5.75 Å². The van der Waals surface area contributed by atoms with Crippen molar-refractivity contribution >= 4 is 29.3 Å². The summed E-state index contributed by atoms with van der Waals surface area (Å²) >= 11 is 7.34. The normalized spacial score (nSPS) is 13.6. The number of thioether (sulfide) groups is 1. The van der Waals surface area contributed by atoms with Gasteiger partial charge in [-0.25, -0.2) is 0 Å². The van der Waals surface area contributed by atoms with Gasteiger partial charge in [-0.1, -0.05) is 41.6 Å². The number of carbonyl (C=O) groups is 1. The van der Waals surface area contributed by atoms with E-state index in [0.29, 0.717) is 27.5 Å². The summed E-state index contributed by atoms with van der Waals surface area (Å²) in [6.45, 7) is 1.96. The molecule has 1 aliphatic heterocycles. The summed E-state index contributed by atoms with van der Waals surface area (Å²) in [6.07, 6.45) is 2.17.